The van der Waals surface area contributed by atoms with E-state index in [4.69, 9.17) is 11.6 Å². The molecule has 0 bridgehead atoms. The second-order valence-electron chi connectivity index (χ2n) is 2.65. The van der Waals surface area contributed by atoms with Crippen molar-refractivity contribution in [3.63, 3.8) is 0 Å². The molecule has 0 atom stereocenters. The van der Waals surface area contributed by atoms with Crippen molar-refractivity contribution in [2.45, 2.75) is 6.92 Å². The van der Waals surface area contributed by atoms with E-state index in [0.29, 0.717) is 0 Å². The number of halogens is 2. The fraction of sp³-hybridized carbons (Fsp3) is 0.200. The predicted molar refractivity (Wildman–Crippen MR) is 52.4 cm³/mol. The van der Waals surface area contributed by atoms with Crippen molar-refractivity contribution in [1.29, 1.82) is 0 Å². The molecule has 5 heteroatoms. The van der Waals surface area contributed by atoms with E-state index in [1.54, 1.807) is 6.92 Å². The monoisotopic (exact) mass is 230 g/mol. The highest BCUT2D eigenvalue weighted by molar-refractivity contribution is 6.45. The van der Waals surface area contributed by atoms with Gasteiger partial charge >= 0.3 is 5.97 Å². The molecule has 1 aromatic rings. The van der Waals surface area contributed by atoms with Gasteiger partial charge in [0.1, 0.15) is 5.82 Å². The first kappa shape index (κ1) is 11.7. The van der Waals surface area contributed by atoms with Gasteiger partial charge in [-0.1, -0.05) is 17.7 Å². The summed E-state index contributed by atoms with van der Waals surface area (Å²) < 4.78 is 17.6. The number of carbonyl (C=O) groups is 2. The van der Waals surface area contributed by atoms with Crippen molar-refractivity contribution in [2.75, 3.05) is 6.61 Å². The zero-order valence-corrected chi connectivity index (χ0v) is 8.68. The highest BCUT2D eigenvalue weighted by Gasteiger charge is 2.23. The number of hydrogen-bond acceptors (Lipinski definition) is 3. The maximum absolute atomic E-state index is 13.2. The van der Waals surface area contributed by atoms with Crippen molar-refractivity contribution in [1.82, 2.24) is 0 Å². The van der Waals surface area contributed by atoms with Crippen LogP contribution in [0.25, 0.3) is 0 Å². The van der Waals surface area contributed by atoms with Crippen LogP contribution in [0.4, 0.5) is 4.39 Å². The number of benzene rings is 1. The van der Waals surface area contributed by atoms with Crippen molar-refractivity contribution in [3.8, 4) is 0 Å². The standard InChI is InChI=1S/C10H8ClFO3/c1-2-15-10(14)9(13)8-6(11)4-3-5-7(8)12/h3-5H,2H2,1H3. The van der Waals surface area contributed by atoms with Crippen LogP contribution < -0.4 is 0 Å². The van der Waals surface area contributed by atoms with Gasteiger partial charge in [0.2, 0.25) is 0 Å². The minimum Gasteiger partial charge on any atom is -0.460 e. The quantitative estimate of drug-likeness (QED) is 0.454. The Morgan fingerprint density at radius 2 is 2.13 bits per heavy atom. The van der Waals surface area contributed by atoms with Gasteiger partial charge in [0.05, 0.1) is 17.2 Å². The predicted octanol–water partition coefficient (Wildman–Crippen LogP) is 2.22. The summed E-state index contributed by atoms with van der Waals surface area (Å²) in [5.74, 6) is -3.01. The molecule has 15 heavy (non-hydrogen) atoms. The van der Waals surface area contributed by atoms with Crippen LogP contribution in [-0.2, 0) is 9.53 Å². The minimum atomic E-state index is -1.11. The first-order valence-corrected chi connectivity index (χ1v) is 4.61. The Morgan fingerprint density at radius 3 is 2.67 bits per heavy atom. The molecule has 0 unspecified atom stereocenters. The van der Waals surface area contributed by atoms with E-state index in [2.05, 4.69) is 4.74 Å². The van der Waals surface area contributed by atoms with E-state index in [1.807, 2.05) is 0 Å². The highest BCUT2D eigenvalue weighted by Crippen LogP contribution is 2.19. The zero-order chi connectivity index (χ0) is 11.4. The van der Waals surface area contributed by atoms with Crippen molar-refractivity contribution < 1.29 is 18.7 Å². The third-order valence-electron chi connectivity index (χ3n) is 1.65. The lowest BCUT2D eigenvalue weighted by Gasteiger charge is -2.03. The Labute approximate surface area is 90.8 Å². The van der Waals surface area contributed by atoms with Crippen LogP contribution in [0.15, 0.2) is 18.2 Å². The molecule has 0 aliphatic carbocycles. The summed E-state index contributed by atoms with van der Waals surface area (Å²) in [4.78, 5) is 22.4. The lowest BCUT2D eigenvalue weighted by atomic mass is 10.1. The Balaban J connectivity index is 3.06. The van der Waals surface area contributed by atoms with Gasteiger partial charge < -0.3 is 4.74 Å². The van der Waals surface area contributed by atoms with Crippen LogP contribution in [0.5, 0.6) is 0 Å². The van der Waals surface area contributed by atoms with Gasteiger partial charge in [-0.05, 0) is 19.1 Å². The summed E-state index contributed by atoms with van der Waals surface area (Å²) in [5, 5.41) is -0.104. The third-order valence-corrected chi connectivity index (χ3v) is 1.97. The lowest BCUT2D eigenvalue weighted by molar-refractivity contribution is -0.137. The van der Waals surface area contributed by atoms with Crippen LogP contribution >= 0.6 is 11.6 Å². The molecule has 1 rings (SSSR count). The molecule has 0 saturated heterocycles. The van der Waals surface area contributed by atoms with Crippen LogP contribution in [0.2, 0.25) is 5.02 Å². The number of Topliss-reactive ketones (excluding diaryl/α,β-unsaturated/α-hetero) is 1. The van der Waals surface area contributed by atoms with Crippen molar-refractivity contribution in [2.24, 2.45) is 0 Å². The minimum absolute atomic E-state index is 0.0522. The van der Waals surface area contributed by atoms with Gasteiger partial charge in [-0.2, -0.15) is 0 Å². The molecule has 0 amide bonds. The summed E-state index contributed by atoms with van der Waals surface area (Å²) >= 11 is 5.60. The summed E-state index contributed by atoms with van der Waals surface area (Å²) in [6, 6.07) is 3.73. The van der Waals surface area contributed by atoms with Gasteiger partial charge in [0.25, 0.3) is 5.78 Å². The van der Waals surface area contributed by atoms with Crippen LogP contribution in [0.3, 0.4) is 0 Å². The largest absolute Gasteiger partial charge is 0.460 e. The number of hydrogen-bond donors (Lipinski definition) is 0. The second kappa shape index (κ2) is 4.89. The van der Waals surface area contributed by atoms with Gasteiger partial charge in [-0.25, -0.2) is 9.18 Å². The van der Waals surface area contributed by atoms with E-state index in [0.717, 1.165) is 6.07 Å². The molecule has 80 valence electrons. The second-order valence-corrected chi connectivity index (χ2v) is 3.05. The van der Waals surface area contributed by atoms with Crippen molar-refractivity contribution in [3.05, 3.63) is 34.6 Å². The molecule has 0 spiro atoms. The fourth-order valence-corrected chi connectivity index (χ4v) is 1.26. The van der Waals surface area contributed by atoms with Crippen molar-refractivity contribution >= 4 is 23.4 Å². The van der Waals surface area contributed by atoms with Gasteiger partial charge in [-0.15, -0.1) is 0 Å². The molecule has 0 aliphatic rings. The number of esters is 1. The molecule has 1 aromatic carbocycles. The third kappa shape index (κ3) is 2.53. The van der Waals surface area contributed by atoms with E-state index < -0.39 is 23.1 Å². The normalized spacial score (nSPS) is 9.80. The summed E-state index contributed by atoms with van der Waals surface area (Å²) in [6.07, 6.45) is 0. The Bertz CT molecular complexity index is 383. The first-order chi connectivity index (χ1) is 7.07. The Kier molecular flexibility index (Phi) is 3.80. The van der Waals surface area contributed by atoms with E-state index in [-0.39, 0.29) is 11.6 Å². The fourth-order valence-electron chi connectivity index (χ4n) is 1.01. The summed E-state index contributed by atoms with van der Waals surface area (Å²) in [6.45, 7) is 1.60. The molecule has 0 aliphatic heterocycles. The van der Waals surface area contributed by atoms with E-state index in [1.165, 1.54) is 12.1 Å². The molecule has 3 nitrogen and oxygen atoms in total. The molecule has 0 fully saturated rings. The average Bonchev–Trinajstić information content (AvgIpc) is 2.17. The van der Waals surface area contributed by atoms with E-state index >= 15 is 0 Å². The lowest BCUT2D eigenvalue weighted by Crippen LogP contribution is -2.19. The highest BCUT2D eigenvalue weighted by atomic mass is 35.5. The van der Waals surface area contributed by atoms with Crippen LogP contribution in [0, 0.1) is 5.82 Å². The summed E-state index contributed by atoms with van der Waals surface area (Å²) in [5.41, 5.74) is -0.447. The van der Waals surface area contributed by atoms with Gasteiger partial charge in [0, 0.05) is 0 Å². The Morgan fingerprint density at radius 1 is 1.47 bits per heavy atom. The summed E-state index contributed by atoms with van der Waals surface area (Å²) in [7, 11) is 0. The van der Waals surface area contributed by atoms with Crippen LogP contribution in [0.1, 0.15) is 17.3 Å². The number of carbonyl (C=O) groups excluding carboxylic acids is 2. The number of rotatable bonds is 3. The SMILES string of the molecule is CCOC(=O)C(=O)c1c(F)cccc1Cl. The first-order valence-electron chi connectivity index (χ1n) is 4.23. The molecule has 0 heterocycles. The molecule has 0 radical (unpaired) electrons. The van der Waals surface area contributed by atoms with E-state index in [9.17, 15) is 14.0 Å². The van der Waals surface area contributed by atoms with Gasteiger partial charge in [0.15, 0.2) is 0 Å². The topological polar surface area (TPSA) is 43.4 Å². The van der Waals surface area contributed by atoms with Crippen LogP contribution in [-0.4, -0.2) is 18.4 Å². The smallest absolute Gasteiger partial charge is 0.379 e. The maximum Gasteiger partial charge on any atom is 0.379 e. The molecular weight excluding hydrogens is 223 g/mol. The molecule has 0 N–H and O–H groups in total. The number of ketones is 1. The zero-order valence-electron chi connectivity index (χ0n) is 7.92. The average molecular weight is 231 g/mol. The Hall–Kier alpha value is -1.42. The van der Waals surface area contributed by atoms with Gasteiger partial charge in [-0.3, -0.25) is 4.79 Å². The molecule has 0 saturated carbocycles. The number of ether oxygens (including phenoxy) is 1. The maximum atomic E-state index is 13.2. The molecule has 0 aromatic heterocycles. The molecular formula is C10H8ClFO3.